The average molecular weight is 331 g/mol. The van der Waals surface area contributed by atoms with Crippen molar-refractivity contribution in [3.63, 3.8) is 0 Å². The molecule has 7 heteroatoms. The summed E-state index contributed by atoms with van der Waals surface area (Å²) < 4.78 is 0. The van der Waals surface area contributed by atoms with E-state index in [1.165, 1.54) is 0 Å². The monoisotopic (exact) mass is 330 g/mol. The first-order valence-corrected chi connectivity index (χ1v) is 8.66. The molecule has 1 aromatic rings. The zero-order chi connectivity index (χ0) is 11.5. The van der Waals surface area contributed by atoms with Gasteiger partial charge in [-0.25, -0.2) is 0 Å². The number of para-hydroxylation sites is 2. The summed E-state index contributed by atoms with van der Waals surface area (Å²) in [5.74, 6) is 0. The molecule has 0 aliphatic carbocycles. The number of rotatable bonds is 2. The SMILES string of the molecule is N#C[S][Pd][S]C#N.Nc1ccccc1N. The van der Waals surface area contributed by atoms with Crippen molar-refractivity contribution in [1.82, 2.24) is 0 Å². The number of hydrogen-bond acceptors (Lipinski definition) is 6. The number of hydrogen-bond donors (Lipinski definition) is 2. The molecular formula is C8H8N4PdS2. The number of nitrogens with two attached hydrogens (primary N) is 2. The molecule has 0 aliphatic rings. The Balaban J connectivity index is 0.000000265. The molecule has 0 spiro atoms. The molecule has 4 nitrogen and oxygen atoms in total. The van der Waals surface area contributed by atoms with Gasteiger partial charge in [0.05, 0.1) is 11.4 Å². The summed E-state index contributed by atoms with van der Waals surface area (Å²) in [6, 6.07) is 7.25. The van der Waals surface area contributed by atoms with Gasteiger partial charge in [0.25, 0.3) is 0 Å². The molecule has 1 rings (SSSR count). The Morgan fingerprint density at radius 2 is 1.40 bits per heavy atom. The first-order valence-electron chi connectivity index (χ1n) is 3.52. The third-order valence-corrected chi connectivity index (χ3v) is 4.83. The van der Waals surface area contributed by atoms with Crippen molar-refractivity contribution in [3.8, 4) is 10.8 Å². The molecule has 0 heterocycles. The van der Waals surface area contributed by atoms with Crippen LogP contribution in [0.1, 0.15) is 0 Å². The summed E-state index contributed by atoms with van der Waals surface area (Å²) in [5, 5.41) is 19.5. The molecule has 82 valence electrons. The van der Waals surface area contributed by atoms with E-state index in [-0.39, 0.29) is 15.5 Å². The maximum Gasteiger partial charge on any atom is 0.0547 e. The second kappa shape index (κ2) is 9.71. The predicted octanol–water partition coefficient (Wildman–Crippen LogP) is 2.18. The number of anilines is 2. The number of nitriles is 2. The quantitative estimate of drug-likeness (QED) is 0.373. The van der Waals surface area contributed by atoms with Gasteiger partial charge in [0.15, 0.2) is 0 Å². The van der Waals surface area contributed by atoms with E-state index in [1.54, 1.807) is 12.1 Å². The number of nitrogens with zero attached hydrogens (tertiary/aromatic N) is 2. The van der Waals surface area contributed by atoms with Gasteiger partial charge in [-0.15, -0.1) is 0 Å². The van der Waals surface area contributed by atoms with Crippen LogP contribution >= 0.6 is 19.2 Å². The van der Waals surface area contributed by atoms with Crippen molar-refractivity contribution < 1.29 is 15.5 Å². The smallest absolute Gasteiger partial charge is 0.0547 e. The molecule has 4 N–H and O–H groups in total. The van der Waals surface area contributed by atoms with E-state index in [9.17, 15) is 0 Å². The Hall–Kier alpha value is -0.838. The van der Waals surface area contributed by atoms with Crippen LogP contribution in [0.4, 0.5) is 11.4 Å². The fourth-order valence-electron chi connectivity index (χ4n) is 0.548. The molecule has 0 atom stereocenters. The molecule has 1 aromatic carbocycles. The summed E-state index contributed by atoms with van der Waals surface area (Å²) >= 11 is 0.179. The Morgan fingerprint density at radius 1 is 1.00 bits per heavy atom. The van der Waals surface area contributed by atoms with E-state index in [1.807, 2.05) is 22.9 Å². The van der Waals surface area contributed by atoms with Crippen LogP contribution in [-0.4, -0.2) is 0 Å². The van der Waals surface area contributed by atoms with Gasteiger partial charge in [0, 0.05) is 0 Å². The molecule has 0 saturated heterocycles. The minimum absolute atomic E-state index is 0.179. The number of benzene rings is 1. The van der Waals surface area contributed by atoms with Crippen LogP contribution in [0.3, 0.4) is 0 Å². The second-order valence-corrected chi connectivity index (χ2v) is 7.27. The molecule has 15 heavy (non-hydrogen) atoms. The maximum absolute atomic E-state index is 7.90. The molecule has 0 amide bonds. The van der Waals surface area contributed by atoms with Crippen LogP contribution in [0.15, 0.2) is 24.3 Å². The van der Waals surface area contributed by atoms with Gasteiger partial charge >= 0.3 is 56.0 Å². The van der Waals surface area contributed by atoms with Gasteiger partial charge in [-0.2, -0.15) is 0 Å². The standard InChI is InChI=1S/C6H8N2.2CHNS.Pd/c7-5-3-1-2-4-6(5)8;2*2-1-3;/h1-4H,7-8H2;2*3H;/q;;;+2/p-2. The van der Waals surface area contributed by atoms with Crippen molar-refractivity contribution in [2.45, 2.75) is 0 Å². The first kappa shape index (κ1) is 14.2. The maximum atomic E-state index is 7.90. The molecule has 0 fully saturated rings. The van der Waals surface area contributed by atoms with E-state index in [0.29, 0.717) is 11.4 Å². The first-order chi connectivity index (χ1) is 7.22. The average Bonchev–Trinajstić information content (AvgIpc) is 2.24. The third kappa shape index (κ3) is 8.18. The van der Waals surface area contributed by atoms with Crippen molar-refractivity contribution in [1.29, 1.82) is 10.5 Å². The van der Waals surface area contributed by atoms with Crippen LogP contribution in [0, 0.1) is 21.3 Å². The molecule has 0 saturated carbocycles. The minimum atomic E-state index is 0.179. The van der Waals surface area contributed by atoms with Crippen molar-refractivity contribution in [2.24, 2.45) is 0 Å². The fourth-order valence-corrected chi connectivity index (χ4v) is 2.47. The van der Waals surface area contributed by atoms with Crippen LogP contribution in [0.2, 0.25) is 0 Å². The molecule has 0 bridgehead atoms. The normalized spacial score (nSPS) is 8.13. The Kier molecular flexibility index (Phi) is 9.17. The van der Waals surface area contributed by atoms with E-state index in [2.05, 4.69) is 0 Å². The Morgan fingerprint density at radius 3 is 1.67 bits per heavy atom. The largest absolute Gasteiger partial charge is 0.397 e. The zero-order valence-electron chi connectivity index (χ0n) is 7.49. The molecule has 0 radical (unpaired) electrons. The van der Waals surface area contributed by atoms with Gasteiger partial charge in [-0.3, -0.25) is 0 Å². The van der Waals surface area contributed by atoms with Gasteiger partial charge in [0.2, 0.25) is 0 Å². The summed E-state index contributed by atoms with van der Waals surface area (Å²) in [7, 11) is 2.26. The second-order valence-electron chi connectivity index (χ2n) is 1.99. The van der Waals surface area contributed by atoms with Crippen molar-refractivity contribution in [3.05, 3.63) is 24.3 Å². The predicted molar refractivity (Wildman–Crippen MR) is 61.7 cm³/mol. The Bertz CT molecular complexity index is 337. The van der Waals surface area contributed by atoms with E-state index < -0.39 is 0 Å². The minimum Gasteiger partial charge on any atom is -0.397 e. The molecule has 0 aromatic heterocycles. The van der Waals surface area contributed by atoms with Crippen molar-refractivity contribution >= 4 is 30.5 Å². The topological polar surface area (TPSA) is 99.6 Å². The summed E-state index contributed by atoms with van der Waals surface area (Å²) in [6.07, 6.45) is 0. The van der Waals surface area contributed by atoms with Crippen LogP contribution in [-0.2, 0) is 15.5 Å². The van der Waals surface area contributed by atoms with E-state index >= 15 is 0 Å². The van der Waals surface area contributed by atoms with E-state index in [4.69, 9.17) is 22.0 Å². The van der Waals surface area contributed by atoms with Crippen LogP contribution in [0.5, 0.6) is 0 Å². The zero-order valence-corrected chi connectivity index (χ0v) is 10.7. The van der Waals surface area contributed by atoms with Crippen LogP contribution < -0.4 is 11.5 Å². The number of thiocyanates is 2. The molecular weight excluding hydrogens is 323 g/mol. The van der Waals surface area contributed by atoms with Crippen LogP contribution in [0.25, 0.3) is 0 Å². The molecule has 0 unspecified atom stereocenters. The van der Waals surface area contributed by atoms with Crippen molar-refractivity contribution in [2.75, 3.05) is 11.5 Å². The van der Waals surface area contributed by atoms with Gasteiger partial charge in [-0.1, -0.05) is 12.1 Å². The van der Waals surface area contributed by atoms with Gasteiger partial charge < -0.3 is 11.5 Å². The van der Waals surface area contributed by atoms with Gasteiger partial charge in [-0.05, 0) is 12.1 Å². The summed E-state index contributed by atoms with van der Waals surface area (Å²) in [6.45, 7) is 0. The number of nitrogen functional groups attached to an aromatic ring is 2. The molecule has 0 aliphatic heterocycles. The summed E-state index contributed by atoms with van der Waals surface area (Å²) in [4.78, 5) is 0. The summed E-state index contributed by atoms with van der Waals surface area (Å²) in [5.41, 5.74) is 12.1. The fraction of sp³-hybridized carbons (Fsp3) is 0. The van der Waals surface area contributed by atoms with E-state index in [0.717, 1.165) is 19.2 Å². The van der Waals surface area contributed by atoms with Gasteiger partial charge in [0.1, 0.15) is 0 Å². The third-order valence-electron chi connectivity index (χ3n) is 1.11. The Labute approximate surface area is 103 Å².